The van der Waals surface area contributed by atoms with Gasteiger partial charge in [-0.25, -0.2) is 13.2 Å². The number of halogens is 1. The second-order valence-corrected chi connectivity index (χ2v) is 11.1. The highest BCUT2D eigenvalue weighted by molar-refractivity contribution is 7.91. The van der Waals surface area contributed by atoms with Crippen molar-refractivity contribution in [2.24, 2.45) is 0 Å². The zero-order valence-electron chi connectivity index (χ0n) is 17.8. The molecule has 8 heteroatoms. The molecule has 1 atom stereocenters. The van der Waals surface area contributed by atoms with E-state index in [1.54, 1.807) is 41.3 Å². The molecule has 1 aliphatic rings. The molecule has 2 heterocycles. The fourth-order valence-electron chi connectivity index (χ4n) is 3.73. The number of hydrogen-bond acceptors (Lipinski definition) is 5. The zero-order chi connectivity index (χ0) is 22.6. The summed E-state index contributed by atoms with van der Waals surface area (Å²) < 4.78 is 37.8. The number of rotatable bonds is 2. The van der Waals surface area contributed by atoms with Gasteiger partial charge in [0, 0.05) is 23.4 Å². The second kappa shape index (κ2) is 7.57. The minimum Gasteiger partial charge on any atom is -0.459 e. The maximum Gasteiger partial charge on any atom is 0.410 e. The Balaban J connectivity index is 1.79. The van der Waals surface area contributed by atoms with Crippen LogP contribution in [-0.4, -0.2) is 31.1 Å². The molecule has 0 fully saturated rings. The second-order valence-electron chi connectivity index (χ2n) is 8.76. The number of furan rings is 1. The molecule has 0 bridgehead atoms. The highest BCUT2D eigenvalue weighted by Gasteiger charge is 2.34. The Hall–Kier alpha value is -2.51. The van der Waals surface area contributed by atoms with Crippen molar-refractivity contribution in [3.8, 4) is 0 Å². The predicted octanol–water partition coefficient (Wildman–Crippen LogP) is 5.60. The molecular weight excluding hydrogens is 438 g/mol. The number of carbonyl (C=O) groups excluding carboxylic acids is 1. The van der Waals surface area contributed by atoms with E-state index in [9.17, 15) is 13.2 Å². The highest BCUT2D eigenvalue weighted by atomic mass is 35.5. The van der Waals surface area contributed by atoms with Gasteiger partial charge in [-0.1, -0.05) is 29.8 Å². The van der Waals surface area contributed by atoms with Gasteiger partial charge in [-0.15, -0.1) is 0 Å². The standard InChI is InChI=1S/C23H24ClNO5S/c1-14-10-20-18(13-25(14)22(26)30-23(2,3)4)17-11-16(12-19(24)21(17)29-20)31(27,28)15-8-6-5-7-9-15/h5-9,11-12,14H,10,13H2,1-4H3. The summed E-state index contributed by atoms with van der Waals surface area (Å²) in [5, 5.41) is 0.815. The number of fused-ring (bicyclic) bond motifs is 3. The van der Waals surface area contributed by atoms with Crippen LogP contribution in [0.1, 0.15) is 39.0 Å². The SMILES string of the molecule is CC1Cc2oc3c(Cl)cc(S(=O)(=O)c4ccccc4)cc3c2CN1C(=O)OC(C)(C)C. The minimum absolute atomic E-state index is 0.0854. The summed E-state index contributed by atoms with van der Waals surface area (Å²) in [5.41, 5.74) is 0.568. The van der Waals surface area contributed by atoms with Gasteiger partial charge in [-0.2, -0.15) is 0 Å². The normalized spacial score (nSPS) is 16.9. The van der Waals surface area contributed by atoms with Crippen molar-refractivity contribution in [2.75, 3.05) is 0 Å². The van der Waals surface area contributed by atoms with Crippen LogP contribution >= 0.6 is 11.6 Å². The Bertz CT molecular complexity index is 1260. The lowest BCUT2D eigenvalue weighted by atomic mass is 10.00. The topological polar surface area (TPSA) is 76.8 Å². The van der Waals surface area contributed by atoms with Crippen LogP contribution in [0.15, 0.2) is 56.7 Å². The zero-order valence-corrected chi connectivity index (χ0v) is 19.4. The van der Waals surface area contributed by atoms with Crippen molar-refractivity contribution in [3.63, 3.8) is 0 Å². The molecule has 164 valence electrons. The fraction of sp³-hybridized carbons (Fsp3) is 0.348. The van der Waals surface area contributed by atoms with Gasteiger partial charge in [0.15, 0.2) is 5.58 Å². The molecule has 0 radical (unpaired) electrons. The number of benzene rings is 2. The van der Waals surface area contributed by atoms with Crippen LogP contribution in [-0.2, 0) is 27.5 Å². The van der Waals surface area contributed by atoms with E-state index in [4.69, 9.17) is 20.8 Å². The van der Waals surface area contributed by atoms with Crippen LogP contribution in [0.3, 0.4) is 0 Å². The number of amides is 1. The molecule has 1 unspecified atom stereocenters. The van der Waals surface area contributed by atoms with Crippen LogP contribution in [0, 0.1) is 0 Å². The van der Waals surface area contributed by atoms with E-state index in [-0.39, 0.29) is 27.4 Å². The molecule has 3 aromatic rings. The van der Waals surface area contributed by atoms with E-state index in [1.165, 1.54) is 6.07 Å². The van der Waals surface area contributed by atoms with E-state index in [0.29, 0.717) is 23.2 Å². The maximum atomic E-state index is 13.1. The number of nitrogens with zero attached hydrogens (tertiary/aromatic N) is 1. The summed E-state index contributed by atoms with van der Waals surface area (Å²) >= 11 is 6.43. The number of carbonyl (C=O) groups is 1. The van der Waals surface area contributed by atoms with Crippen molar-refractivity contribution >= 4 is 38.5 Å². The molecule has 1 aliphatic heterocycles. The molecule has 0 saturated heterocycles. The van der Waals surface area contributed by atoms with E-state index in [1.807, 2.05) is 27.7 Å². The maximum absolute atomic E-state index is 13.1. The first-order valence-electron chi connectivity index (χ1n) is 10.0. The first-order valence-corrected chi connectivity index (χ1v) is 11.9. The first kappa shape index (κ1) is 21.7. The largest absolute Gasteiger partial charge is 0.459 e. The molecule has 4 rings (SSSR count). The van der Waals surface area contributed by atoms with Crippen LogP contribution in [0.25, 0.3) is 11.0 Å². The van der Waals surface area contributed by atoms with Crippen LogP contribution < -0.4 is 0 Å². The van der Waals surface area contributed by atoms with Gasteiger partial charge in [-0.3, -0.25) is 0 Å². The monoisotopic (exact) mass is 461 g/mol. The molecule has 0 saturated carbocycles. The Morgan fingerprint density at radius 3 is 2.48 bits per heavy atom. The Kier molecular flexibility index (Phi) is 5.30. The lowest BCUT2D eigenvalue weighted by molar-refractivity contribution is 0.0132. The quantitative estimate of drug-likeness (QED) is 0.496. The highest BCUT2D eigenvalue weighted by Crippen LogP contribution is 2.39. The molecule has 1 amide bonds. The first-order chi connectivity index (χ1) is 14.5. The Morgan fingerprint density at radius 1 is 1.16 bits per heavy atom. The average Bonchev–Trinajstić information content (AvgIpc) is 3.04. The predicted molar refractivity (Wildman–Crippen MR) is 118 cm³/mol. The van der Waals surface area contributed by atoms with Gasteiger partial charge in [0.05, 0.1) is 21.4 Å². The molecule has 0 spiro atoms. The van der Waals surface area contributed by atoms with Crippen LogP contribution in [0.2, 0.25) is 5.02 Å². The Morgan fingerprint density at radius 2 is 1.84 bits per heavy atom. The fourth-order valence-corrected chi connectivity index (χ4v) is 5.39. The molecular formula is C23H24ClNO5S. The third-order valence-corrected chi connectivity index (χ3v) is 7.27. The van der Waals surface area contributed by atoms with Crippen molar-refractivity contribution in [1.82, 2.24) is 4.90 Å². The smallest absolute Gasteiger partial charge is 0.410 e. The summed E-state index contributed by atoms with van der Waals surface area (Å²) in [6, 6.07) is 11.1. The summed E-state index contributed by atoms with van der Waals surface area (Å²) in [6.45, 7) is 7.63. The van der Waals surface area contributed by atoms with Crippen LogP contribution in [0.4, 0.5) is 4.79 Å². The molecule has 31 heavy (non-hydrogen) atoms. The summed E-state index contributed by atoms with van der Waals surface area (Å²) in [7, 11) is -3.75. The number of sulfone groups is 1. The minimum atomic E-state index is -3.75. The van der Waals surface area contributed by atoms with Crippen molar-refractivity contribution in [2.45, 2.75) is 62.1 Å². The van der Waals surface area contributed by atoms with Gasteiger partial charge in [-0.05, 0) is 52.0 Å². The van der Waals surface area contributed by atoms with Gasteiger partial charge in [0.25, 0.3) is 0 Å². The number of hydrogen-bond donors (Lipinski definition) is 0. The lowest BCUT2D eigenvalue weighted by Crippen LogP contribution is -2.44. The van der Waals surface area contributed by atoms with Gasteiger partial charge in [0.1, 0.15) is 11.4 Å². The van der Waals surface area contributed by atoms with E-state index in [2.05, 4.69) is 0 Å². The van der Waals surface area contributed by atoms with Gasteiger partial charge in [0.2, 0.25) is 9.84 Å². The summed E-state index contributed by atoms with van der Waals surface area (Å²) in [5.74, 6) is 0.707. The molecule has 6 nitrogen and oxygen atoms in total. The van der Waals surface area contributed by atoms with E-state index in [0.717, 1.165) is 5.56 Å². The van der Waals surface area contributed by atoms with E-state index < -0.39 is 21.5 Å². The van der Waals surface area contributed by atoms with Gasteiger partial charge < -0.3 is 14.1 Å². The third kappa shape index (κ3) is 4.04. The molecule has 0 aliphatic carbocycles. The van der Waals surface area contributed by atoms with Crippen LogP contribution in [0.5, 0.6) is 0 Å². The van der Waals surface area contributed by atoms with E-state index >= 15 is 0 Å². The van der Waals surface area contributed by atoms with Crippen molar-refractivity contribution < 1.29 is 22.4 Å². The lowest BCUT2D eigenvalue weighted by Gasteiger charge is -2.34. The molecule has 2 aromatic carbocycles. The van der Waals surface area contributed by atoms with Crippen molar-refractivity contribution in [3.05, 3.63) is 58.8 Å². The number of ether oxygens (including phenoxy) is 1. The Labute approximate surface area is 186 Å². The van der Waals surface area contributed by atoms with Crippen molar-refractivity contribution in [1.29, 1.82) is 0 Å². The summed E-state index contributed by atoms with van der Waals surface area (Å²) in [4.78, 5) is 14.6. The molecule has 1 aromatic heterocycles. The average molecular weight is 462 g/mol. The third-order valence-electron chi connectivity index (χ3n) is 5.24. The summed E-state index contributed by atoms with van der Waals surface area (Å²) in [6.07, 6.45) is 0.0690. The van der Waals surface area contributed by atoms with Gasteiger partial charge >= 0.3 is 6.09 Å². The molecule has 0 N–H and O–H groups in total.